The monoisotopic (exact) mass is 2570 g/mol. The van der Waals surface area contributed by atoms with Crippen molar-refractivity contribution in [3.8, 4) is 0 Å². The summed E-state index contributed by atoms with van der Waals surface area (Å²) in [6.45, 7) is 16.6. The third-order valence-electron chi connectivity index (χ3n) is 26.1. The molecule has 0 aliphatic rings. The van der Waals surface area contributed by atoms with Crippen LogP contribution in [0.15, 0.2) is 419 Å². The number of hydrogen-bond acceptors (Lipinski definition) is 2. The fraction of sp³-hybridized carbons (Fsp3) is 0.0656. The van der Waals surface area contributed by atoms with Crippen LogP contribution in [0.2, 0.25) is 54.6 Å². The van der Waals surface area contributed by atoms with Gasteiger partial charge in [-0.05, 0) is 197 Å². The van der Waals surface area contributed by atoms with Gasteiger partial charge in [0.1, 0.15) is 66.1 Å². The quantitative estimate of drug-likeness (QED) is 0.0861. The van der Waals surface area contributed by atoms with Crippen LogP contribution in [-0.4, -0.2) is 76.1 Å². The fourth-order valence-electron chi connectivity index (χ4n) is 19.0. The molecule has 0 aliphatic heterocycles. The van der Waals surface area contributed by atoms with Gasteiger partial charge in [0.25, 0.3) is 0 Å². The number of aromatic nitrogens is 2. The molecule has 26 rings (SSSR count). The third-order valence-corrected chi connectivity index (χ3v) is 26.1. The topological polar surface area (TPSA) is 25.8 Å². The van der Waals surface area contributed by atoms with E-state index in [4.69, 9.17) is 7.85 Å². The molecule has 0 unspecified atom stereocenters. The molecule has 2 aromatic heterocycles. The Bertz CT molecular complexity index is 8480. The summed E-state index contributed by atoms with van der Waals surface area (Å²) in [7, 11) is 23.3. The van der Waals surface area contributed by atoms with Crippen molar-refractivity contribution in [2.75, 3.05) is 0 Å². The summed E-state index contributed by atoms with van der Waals surface area (Å²) < 4.78 is 0. The number of fused-ring (bicyclic) bond motifs is 16. The zero-order chi connectivity index (χ0) is 90.8. The largest absolute Gasteiger partial charge is 0.255 e. The van der Waals surface area contributed by atoms with Gasteiger partial charge < -0.3 is 0 Å². The molecule has 2 heterocycles. The molecule has 26 aromatic rings. The van der Waals surface area contributed by atoms with E-state index in [2.05, 4.69) is 492 Å². The molecular formula is C122H93B9N2Y10. The van der Waals surface area contributed by atoms with Crippen LogP contribution in [0.4, 0.5) is 0 Å². The van der Waals surface area contributed by atoms with Gasteiger partial charge in [-0.3, -0.25) is 9.97 Å². The number of pyridine rings is 2. The van der Waals surface area contributed by atoms with Crippen molar-refractivity contribution in [2.45, 2.75) is 54.6 Å². The van der Waals surface area contributed by atoms with Gasteiger partial charge in [-0.2, -0.15) is 0 Å². The molecule has 0 aliphatic carbocycles. The second kappa shape index (κ2) is 59.0. The van der Waals surface area contributed by atoms with E-state index in [0.717, 1.165) is 43.5 Å². The molecule has 0 bridgehead atoms. The maximum Gasteiger partial charge on any atom is 0.150 e. The van der Waals surface area contributed by atoms with Crippen molar-refractivity contribution in [1.29, 1.82) is 0 Å². The Kier molecular flexibility index (Phi) is 50.7. The van der Waals surface area contributed by atoms with Crippen molar-refractivity contribution in [3.05, 3.63) is 419 Å². The average Bonchev–Trinajstić information content (AvgIpc) is 0.754. The number of nitrogens with zero attached hydrogens (tertiary/aromatic N) is 2. The standard InChI is InChI=1S/2C17H12B.C16H14B2.3C15H12B.C14H9B.C13H10BN2.10Y/c1-18-15-9-13-7-5-11-3-2-4-12-6-8-14(10-15)17(13)16(11)12;1-18-15-10-8-13-6-5-11-3-2-4-12-7-9-14(15)17(13)16(11)12;1-17-15-5-3-11-8-14-10-16(18-2)6-4-12(14)7-13(11)9-15;1-16-15-10-11-6-2-3-7-12(11)13-8-4-5-9-14(13)15;1-16-13-8-9-15-12(10-13)7-6-11-4-2-3-5-14(11)15;1-16-13-9-8-12-7-6-11-4-2-3-5-14(11)15(12)10-13;15-14-12-7-3-1-5-10(12)9-11-6-2-4-8-13(11)14;1-14-11-7-10-5-4-9-3-2-6-15-12(9)13(10)16-8-11;;;;;;;;;;/h2*2-10H,1H3;3-10H,1-2H3;3*2-10H,1H3;1-9H;2-8H,1H3;;;;;;;;;;. The van der Waals surface area contributed by atoms with Gasteiger partial charge in [0.2, 0.25) is 0 Å². The maximum absolute atomic E-state index is 6.15. The molecule has 648 valence electrons. The average molecular weight is 2570 g/mol. The Balaban J connectivity index is 0.000000181. The second-order valence-electron chi connectivity index (χ2n) is 33.9. The Labute approximate surface area is 1100 Å². The first-order valence-corrected chi connectivity index (χ1v) is 46.2. The minimum Gasteiger partial charge on any atom is -0.255 e. The molecule has 0 N–H and O–H groups in total. The molecule has 20 radical (unpaired) electrons. The van der Waals surface area contributed by atoms with Crippen LogP contribution in [0.5, 0.6) is 0 Å². The van der Waals surface area contributed by atoms with E-state index in [1.165, 1.54) is 200 Å². The van der Waals surface area contributed by atoms with Gasteiger partial charge >= 0.3 is 0 Å². The van der Waals surface area contributed by atoms with Gasteiger partial charge in [0.05, 0.1) is 11.0 Å². The molecule has 0 amide bonds. The van der Waals surface area contributed by atoms with Crippen molar-refractivity contribution in [1.82, 2.24) is 9.97 Å². The minimum absolute atomic E-state index is 0. The minimum atomic E-state index is 0. The first kappa shape index (κ1) is 123. The Morgan fingerprint density at radius 2 is 0.455 bits per heavy atom. The van der Waals surface area contributed by atoms with E-state index >= 15 is 0 Å². The van der Waals surface area contributed by atoms with E-state index in [0.29, 0.717) is 0 Å². The van der Waals surface area contributed by atoms with Crippen molar-refractivity contribution >= 4 is 309 Å². The Morgan fingerprint density at radius 1 is 0.161 bits per heavy atom. The summed E-state index contributed by atoms with van der Waals surface area (Å²) in [5, 5.41) is 44.4. The summed E-state index contributed by atoms with van der Waals surface area (Å²) >= 11 is 0. The van der Waals surface area contributed by atoms with E-state index < -0.39 is 0 Å². The second-order valence-corrected chi connectivity index (χ2v) is 33.9. The van der Waals surface area contributed by atoms with Gasteiger partial charge in [0.15, 0.2) is 0 Å². The molecule has 0 saturated carbocycles. The number of benzene rings is 24. The van der Waals surface area contributed by atoms with Crippen LogP contribution in [0.25, 0.3) is 194 Å². The van der Waals surface area contributed by atoms with Crippen LogP contribution >= 0.6 is 0 Å². The zero-order valence-corrected chi connectivity index (χ0v) is 111. The van der Waals surface area contributed by atoms with Crippen LogP contribution in [0, 0.1) is 0 Å². The Hall–Kier alpha value is -3.60. The maximum atomic E-state index is 6.15. The number of rotatable bonds is 8. The smallest absolute Gasteiger partial charge is 0.150 e. The summed E-state index contributed by atoms with van der Waals surface area (Å²) in [5.74, 6) is 0. The summed E-state index contributed by atoms with van der Waals surface area (Å²) in [4.78, 5) is 8.88. The predicted molar refractivity (Wildman–Crippen MR) is 600 cm³/mol. The van der Waals surface area contributed by atoms with Crippen LogP contribution in [0.3, 0.4) is 0 Å². The summed E-state index contributed by atoms with van der Waals surface area (Å²) in [5.41, 5.74) is 13.0. The van der Waals surface area contributed by atoms with E-state index in [1.807, 2.05) is 49.5 Å². The van der Waals surface area contributed by atoms with E-state index in [9.17, 15) is 0 Å². The van der Waals surface area contributed by atoms with Gasteiger partial charge in [0, 0.05) is 350 Å². The van der Waals surface area contributed by atoms with Crippen molar-refractivity contribution in [2.24, 2.45) is 0 Å². The summed E-state index contributed by atoms with van der Waals surface area (Å²) in [6.07, 6.45) is 3.69. The molecule has 0 atom stereocenters. The van der Waals surface area contributed by atoms with E-state index in [1.54, 1.807) is 0 Å². The first-order chi connectivity index (χ1) is 65.4. The molecule has 24 aromatic carbocycles. The van der Waals surface area contributed by atoms with Crippen molar-refractivity contribution in [3.63, 3.8) is 0 Å². The van der Waals surface area contributed by atoms with Crippen LogP contribution in [-0.2, 0) is 327 Å². The Morgan fingerprint density at radius 3 is 0.965 bits per heavy atom. The van der Waals surface area contributed by atoms with Crippen LogP contribution < -0.4 is 49.2 Å². The molecule has 0 fully saturated rings. The third kappa shape index (κ3) is 28.2. The molecule has 21 heteroatoms. The van der Waals surface area contributed by atoms with Gasteiger partial charge in [-0.25, -0.2) is 0 Å². The first-order valence-electron chi connectivity index (χ1n) is 46.2. The van der Waals surface area contributed by atoms with Gasteiger partial charge in [-0.15, -0.1) is 0 Å². The normalized spacial score (nSPS) is 10.3. The fourth-order valence-corrected chi connectivity index (χ4v) is 19.0. The zero-order valence-electron chi connectivity index (χ0n) is 82.2. The molecule has 0 spiro atoms. The van der Waals surface area contributed by atoms with Crippen molar-refractivity contribution < 1.29 is 327 Å². The van der Waals surface area contributed by atoms with E-state index in [-0.39, 0.29) is 327 Å². The van der Waals surface area contributed by atoms with Crippen LogP contribution in [0.1, 0.15) is 0 Å². The van der Waals surface area contributed by atoms with Gasteiger partial charge in [-0.1, -0.05) is 486 Å². The molecule has 2 nitrogen and oxygen atoms in total. The summed E-state index contributed by atoms with van der Waals surface area (Å²) in [6, 6.07) is 145. The molecule has 143 heavy (non-hydrogen) atoms. The molecular weight excluding hydrogens is 2480 g/mol. The molecule has 0 saturated heterocycles. The number of hydrogen-bond donors (Lipinski definition) is 0. The predicted octanol–water partition coefficient (Wildman–Crippen LogP) is 25.7. The SMILES string of the molecule is C[B]c1cc2ccc3cccc4ccc(c1)c2c34.C[B]c1cc2ccccc2c2ccccc12.C[B]c1ccc2c(ccc3ccccc32)c1.C[B]c1ccc2cc3cc([B]C)ccc3cc2c1.C[B]c1ccc2ccc3cccc4ccc1c2c34.C[B]c1ccc2ccc3ccccc3c2c1.C[B]c1cnc2c(ccc3cccnc32)c1.[B]c1c2ccccc2cc2ccccc12.[Y].[Y].[Y].[Y].[Y].[Y].[Y].[Y].[Y].[Y].